The van der Waals surface area contributed by atoms with Crippen molar-refractivity contribution in [3.05, 3.63) is 65.5 Å². The molecule has 7 rings (SSSR count). The van der Waals surface area contributed by atoms with Crippen LogP contribution in [0.3, 0.4) is 0 Å². The third-order valence-electron chi connectivity index (χ3n) is 9.83. The van der Waals surface area contributed by atoms with E-state index in [1.165, 1.54) is 41.4 Å². The summed E-state index contributed by atoms with van der Waals surface area (Å²) in [5, 5.41) is 10.5. The highest BCUT2D eigenvalue weighted by molar-refractivity contribution is 5.86. The van der Waals surface area contributed by atoms with Crippen molar-refractivity contribution in [1.82, 2.24) is 15.1 Å². The lowest BCUT2D eigenvalue weighted by Crippen LogP contribution is -2.54. The second-order valence-electron chi connectivity index (χ2n) is 11.5. The van der Waals surface area contributed by atoms with E-state index in [4.69, 9.17) is 4.74 Å². The first-order chi connectivity index (χ1) is 15.9. The quantitative estimate of drug-likeness (QED) is 0.601. The summed E-state index contributed by atoms with van der Waals surface area (Å²) in [6, 6.07) is 7.40. The van der Waals surface area contributed by atoms with Crippen LogP contribution in [-0.4, -0.2) is 46.4 Å². The lowest BCUT2D eigenvalue weighted by atomic mass is 9.58. The van der Waals surface area contributed by atoms with E-state index in [1.807, 2.05) is 12.4 Å². The van der Waals surface area contributed by atoms with Gasteiger partial charge in [0.05, 0.1) is 23.6 Å². The summed E-state index contributed by atoms with van der Waals surface area (Å²) >= 11 is 0. The van der Waals surface area contributed by atoms with E-state index in [9.17, 15) is 0 Å². The number of rotatable bonds is 2. The first-order valence-corrected chi connectivity index (χ1v) is 12.6. The average molecular weight is 440 g/mol. The van der Waals surface area contributed by atoms with Crippen molar-refractivity contribution < 1.29 is 4.74 Å². The minimum atomic E-state index is -0.120. The molecule has 33 heavy (non-hydrogen) atoms. The lowest BCUT2D eigenvalue weighted by Gasteiger charge is -2.54. The van der Waals surface area contributed by atoms with E-state index in [0.717, 1.165) is 31.1 Å². The molecule has 5 atom stereocenters. The highest BCUT2D eigenvalue weighted by Crippen LogP contribution is 2.67. The summed E-state index contributed by atoms with van der Waals surface area (Å²) in [7, 11) is 4.46. The molecule has 2 spiro atoms. The Kier molecular flexibility index (Phi) is 4.05. The molecule has 2 aromatic rings. The van der Waals surface area contributed by atoms with Crippen LogP contribution in [-0.2, 0) is 4.74 Å². The molecule has 170 valence electrons. The molecule has 4 nitrogen and oxygen atoms in total. The van der Waals surface area contributed by atoms with Gasteiger partial charge in [-0.25, -0.2) is 0 Å². The van der Waals surface area contributed by atoms with Crippen molar-refractivity contribution in [1.29, 1.82) is 0 Å². The van der Waals surface area contributed by atoms with Gasteiger partial charge in [-0.1, -0.05) is 37.3 Å². The van der Waals surface area contributed by atoms with E-state index in [-0.39, 0.29) is 16.6 Å². The number of aromatic nitrogens is 2. The second-order valence-corrected chi connectivity index (χ2v) is 11.5. The largest absolute Gasteiger partial charge is 0.359 e. The van der Waals surface area contributed by atoms with E-state index < -0.39 is 0 Å². The Labute approximate surface area is 196 Å². The van der Waals surface area contributed by atoms with Crippen LogP contribution >= 0.6 is 0 Å². The number of fused-ring (bicyclic) bond motifs is 2. The van der Waals surface area contributed by atoms with Gasteiger partial charge in [0.1, 0.15) is 0 Å². The highest BCUT2D eigenvalue weighted by atomic mass is 16.5. The van der Waals surface area contributed by atoms with Crippen LogP contribution in [0, 0.1) is 11.3 Å². The summed E-state index contributed by atoms with van der Waals surface area (Å²) in [6.07, 6.45) is 19.5. The number of hydrogen-bond acceptors (Lipinski definition) is 4. The van der Waals surface area contributed by atoms with Gasteiger partial charge in [-0.3, -0.25) is 0 Å². The molecule has 1 saturated carbocycles. The molecular formula is C29H33N3O. The van der Waals surface area contributed by atoms with Crippen molar-refractivity contribution in [3.8, 4) is 0 Å². The molecule has 2 aliphatic heterocycles. The number of ether oxygens (including phenoxy) is 1. The first-order valence-electron chi connectivity index (χ1n) is 12.6. The molecule has 5 aliphatic rings. The lowest BCUT2D eigenvalue weighted by molar-refractivity contribution is -0.134. The standard InChI is InChI=1S/C29H33N3O/c1-27-11-10-23-15-22-6-7-24(32(2)3)16-28(22)12-13-29(23,33-28)26(27)9-8-25(27)19-4-5-20-17-30-31-18-21(20)14-19/h4-5,8,10,14-15,17-18,24,26H,6-7,9,11-13,16H2,1-3H3/t24-,26-,27?,28-,29-/m1/s1. The molecule has 1 unspecified atom stereocenters. The molecule has 0 radical (unpaired) electrons. The van der Waals surface area contributed by atoms with E-state index in [1.54, 1.807) is 5.57 Å². The van der Waals surface area contributed by atoms with Gasteiger partial charge < -0.3 is 9.64 Å². The molecular weight excluding hydrogens is 406 g/mol. The summed E-state index contributed by atoms with van der Waals surface area (Å²) in [6.45, 7) is 2.49. The molecule has 3 aliphatic carbocycles. The molecule has 0 amide bonds. The molecule has 1 saturated heterocycles. The topological polar surface area (TPSA) is 38.2 Å². The Morgan fingerprint density at radius 2 is 1.91 bits per heavy atom. The minimum absolute atomic E-state index is 0.0346. The van der Waals surface area contributed by atoms with Crippen LogP contribution in [0.5, 0.6) is 0 Å². The second kappa shape index (κ2) is 6.64. The molecule has 4 heteroatoms. The predicted octanol–water partition coefficient (Wildman–Crippen LogP) is 5.71. The average Bonchev–Trinajstić information content (AvgIpc) is 3.33. The minimum Gasteiger partial charge on any atom is -0.359 e. The highest BCUT2D eigenvalue weighted by Gasteiger charge is 2.65. The number of benzene rings is 1. The van der Waals surface area contributed by atoms with Crippen molar-refractivity contribution in [2.45, 2.75) is 69.1 Å². The normalized spacial score (nSPS) is 39.0. The fourth-order valence-electron chi connectivity index (χ4n) is 8.01. The SMILES string of the molecule is CN(C)[C@@H]1CCC2=CC3=CCC4(C)C(c5ccc6cnncc6c5)=CC[C@H]4[C@@]34CC[C@]2(C1)O4. The van der Waals surface area contributed by atoms with Crippen molar-refractivity contribution in [2.75, 3.05) is 14.1 Å². The molecule has 3 heterocycles. The van der Waals surface area contributed by atoms with E-state index >= 15 is 0 Å². The van der Waals surface area contributed by atoms with Crippen molar-refractivity contribution >= 4 is 16.3 Å². The summed E-state index contributed by atoms with van der Waals surface area (Å²) in [5.41, 5.74) is 5.83. The molecule has 1 aromatic heterocycles. The molecule has 2 bridgehead atoms. The van der Waals surface area contributed by atoms with Crippen molar-refractivity contribution in [2.24, 2.45) is 11.3 Å². The molecule has 1 aromatic carbocycles. The monoisotopic (exact) mass is 439 g/mol. The predicted molar refractivity (Wildman–Crippen MR) is 132 cm³/mol. The maximum atomic E-state index is 7.38. The maximum absolute atomic E-state index is 7.38. The van der Waals surface area contributed by atoms with Gasteiger partial charge in [-0.15, -0.1) is 0 Å². The fourth-order valence-corrected chi connectivity index (χ4v) is 8.01. The first kappa shape index (κ1) is 20.1. The van der Waals surface area contributed by atoms with Gasteiger partial charge in [0.2, 0.25) is 0 Å². The molecule has 0 N–H and O–H groups in total. The van der Waals surface area contributed by atoms with Crippen molar-refractivity contribution in [3.63, 3.8) is 0 Å². The van der Waals surface area contributed by atoms with Crippen LogP contribution in [0.2, 0.25) is 0 Å². The van der Waals surface area contributed by atoms with Gasteiger partial charge in [-0.05, 0) is 87.4 Å². The Morgan fingerprint density at radius 3 is 2.76 bits per heavy atom. The number of nitrogens with zero attached hydrogens (tertiary/aromatic N) is 3. The Balaban J connectivity index is 1.28. The third kappa shape index (κ3) is 2.60. The zero-order chi connectivity index (χ0) is 22.4. The molecule has 2 fully saturated rings. The van der Waals surface area contributed by atoms with Crippen LogP contribution in [0.1, 0.15) is 57.4 Å². The van der Waals surface area contributed by atoms with Crippen LogP contribution < -0.4 is 0 Å². The Hall–Kier alpha value is -2.30. The van der Waals surface area contributed by atoms with E-state index in [2.05, 4.69) is 72.5 Å². The zero-order valence-corrected chi connectivity index (χ0v) is 20.0. The van der Waals surface area contributed by atoms with Gasteiger partial charge >= 0.3 is 0 Å². The van der Waals surface area contributed by atoms with Crippen LogP contribution in [0.25, 0.3) is 16.3 Å². The number of allylic oxidation sites excluding steroid dienone is 3. The Morgan fingerprint density at radius 1 is 1.06 bits per heavy atom. The maximum Gasteiger partial charge on any atom is 0.0980 e. The van der Waals surface area contributed by atoms with E-state index in [0.29, 0.717) is 12.0 Å². The fraction of sp³-hybridized carbons (Fsp3) is 0.517. The van der Waals surface area contributed by atoms with Gasteiger partial charge in [0, 0.05) is 28.1 Å². The smallest absolute Gasteiger partial charge is 0.0980 e. The Bertz CT molecular complexity index is 1260. The van der Waals surface area contributed by atoms with Crippen LogP contribution in [0.4, 0.5) is 0 Å². The third-order valence-corrected chi connectivity index (χ3v) is 9.83. The zero-order valence-electron chi connectivity index (χ0n) is 20.0. The van der Waals surface area contributed by atoms with Crippen LogP contribution in [0.15, 0.2) is 60.0 Å². The summed E-state index contributed by atoms with van der Waals surface area (Å²) in [5.74, 6) is 0.503. The van der Waals surface area contributed by atoms with Gasteiger partial charge in [0.25, 0.3) is 0 Å². The summed E-state index contributed by atoms with van der Waals surface area (Å²) < 4.78 is 7.38. The van der Waals surface area contributed by atoms with Gasteiger partial charge in [-0.2, -0.15) is 10.2 Å². The summed E-state index contributed by atoms with van der Waals surface area (Å²) in [4.78, 5) is 2.41. The van der Waals surface area contributed by atoms with Gasteiger partial charge in [0.15, 0.2) is 0 Å². The number of hydrogen-bond donors (Lipinski definition) is 0.